The van der Waals surface area contributed by atoms with Gasteiger partial charge in [0.2, 0.25) is 5.95 Å². The monoisotopic (exact) mass is 537 g/mol. The number of rotatable bonds is 8. The average molecular weight is 538 g/mol. The molecule has 0 saturated heterocycles. The maximum atomic E-state index is 13.5. The highest BCUT2D eigenvalue weighted by Crippen LogP contribution is 2.36. The van der Waals surface area contributed by atoms with Gasteiger partial charge in [0, 0.05) is 31.4 Å². The van der Waals surface area contributed by atoms with Crippen molar-refractivity contribution in [3.63, 3.8) is 0 Å². The van der Waals surface area contributed by atoms with Crippen molar-refractivity contribution in [2.24, 2.45) is 0 Å². The molecule has 204 valence electrons. The molecule has 2 aromatic carbocycles. The van der Waals surface area contributed by atoms with Crippen LogP contribution in [0.5, 0.6) is 0 Å². The Labute approximate surface area is 224 Å². The maximum absolute atomic E-state index is 13.5. The van der Waals surface area contributed by atoms with E-state index in [0.29, 0.717) is 17.7 Å². The Morgan fingerprint density at radius 3 is 2.49 bits per heavy atom. The number of carbonyl (C=O) groups is 1. The zero-order valence-electron chi connectivity index (χ0n) is 22.2. The summed E-state index contributed by atoms with van der Waals surface area (Å²) in [4.78, 5) is 29.6. The number of fused-ring (bicyclic) bond motifs is 1. The number of nitrogens with one attached hydrogen (secondary N) is 1. The molecule has 0 aliphatic carbocycles. The molecular formula is C28H30F3N7O. The highest BCUT2D eigenvalue weighted by molar-refractivity contribution is 6.05. The van der Waals surface area contributed by atoms with Crippen LogP contribution in [0.2, 0.25) is 0 Å². The fourth-order valence-electron chi connectivity index (χ4n) is 4.25. The summed E-state index contributed by atoms with van der Waals surface area (Å²) in [5.41, 5.74) is 8.50. The van der Waals surface area contributed by atoms with Gasteiger partial charge in [-0.3, -0.25) is 9.78 Å². The van der Waals surface area contributed by atoms with Crippen LogP contribution in [0.3, 0.4) is 0 Å². The van der Waals surface area contributed by atoms with E-state index in [1.54, 1.807) is 25.5 Å². The highest BCUT2D eigenvalue weighted by atomic mass is 19.4. The predicted octanol–water partition coefficient (Wildman–Crippen LogP) is 5.24. The summed E-state index contributed by atoms with van der Waals surface area (Å²) < 4.78 is 40.5. The van der Waals surface area contributed by atoms with Crippen molar-refractivity contribution in [3.05, 3.63) is 71.7 Å². The number of hydrogen-bond acceptors (Lipinski definition) is 7. The number of pyridine rings is 1. The molecule has 8 nitrogen and oxygen atoms in total. The summed E-state index contributed by atoms with van der Waals surface area (Å²) in [6.07, 6.45) is -0.574. The lowest BCUT2D eigenvalue weighted by Crippen LogP contribution is -2.25. The van der Waals surface area contributed by atoms with Crippen LogP contribution in [-0.4, -0.2) is 60.0 Å². The van der Waals surface area contributed by atoms with Gasteiger partial charge in [0.05, 0.1) is 22.5 Å². The van der Waals surface area contributed by atoms with Gasteiger partial charge in [0.1, 0.15) is 5.69 Å². The molecule has 0 radical (unpaired) electrons. The third kappa shape index (κ3) is 6.61. The van der Waals surface area contributed by atoms with Crippen molar-refractivity contribution in [2.45, 2.75) is 19.5 Å². The van der Waals surface area contributed by atoms with E-state index in [1.807, 2.05) is 49.0 Å². The zero-order chi connectivity index (χ0) is 28.3. The van der Waals surface area contributed by atoms with Gasteiger partial charge in [-0.1, -0.05) is 6.07 Å². The number of amides is 1. The van der Waals surface area contributed by atoms with E-state index in [9.17, 15) is 18.0 Å². The molecule has 11 heteroatoms. The molecule has 0 aliphatic rings. The van der Waals surface area contributed by atoms with Gasteiger partial charge in [-0.25, -0.2) is 9.97 Å². The lowest BCUT2D eigenvalue weighted by Gasteiger charge is -2.24. The Kier molecular flexibility index (Phi) is 8.01. The Balaban J connectivity index is 1.65. The summed E-state index contributed by atoms with van der Waals surface area (Å²) >= 11 is 0. The molecule has 0 fully saturated rings. The topological polar surface area (TPSA) is 100 Å². The van der Waals surface area contributed by atoms with Crippen molar-refractivity contribution in [1.82, 2.24) is 19.9 Å². The number of aromatic nitrogens is 3. The number of carbonyl (C=O) groups excluding carboxylic acids is 1. The molecule has 3 N–H and O–H groups in total. The van der Waals surface area contributed by atoms with Crippen LogP contribution in [0.25, 0.3) is 22.0 Å². The van der Waals surface area contributed by atoms with E-state index in [4.69, 9.17) is 5.73 Å². The number of nitrogens with two attached hydrogens (primary N) is 1. The number of alkyl halides is 3. The summed E-state index contributed by atoms with van der Waals surface area (Å²) in [6.45, 7) is 3.27. The van der Waals surface area contributed by atoms with Crippen LogP contribution < -0.4 is 16.0 Å². The molecule has 0 spiro atoms. The molecule has 0 bridgehead atoms. The third-order valence-corrected chi connectivity index (χ3v) is 6.33. The zero-order valence-corrected chi connectivity index (χ0v) is 22.2. The first-order valence-corrected chi connectivity index (χ1v) is 12.3. The summed E-state index contributed by atoms with van der Waals surface area (Å²) in [7, 11) is 5.69. The van der Waals surface area contributed by atoms with E-state index < -0.39 is 17.6 Å². The largest absolute Gasteiger partial charge is 0.416 e. The molecule has 1 amide bonds. The van der Waals surface area contributed by atoms with Crippen molar-refractivity contribution >= 4 is 34.1 Å². The van der Waals surface area contributed by atoms with Gasteiger partial charge in [-0.2, -0.15) is 13.2 Å². The van der Waals surface area contributed by atoms with E-state index in [-0.39, 0.29) is 17.3 Å². The molecule has 0 atom stereocenters. The standard InChI is InChI=1S/C28H30F3N7O/c1-17-15-33-24(14-21(17)18-6-8-22-19(12-18)16-34-27(32)36-22)26(39)35-23-13-20(28(29,30)31)7-9-25(23)38(4)11-5-10-37(2)3/h6-9,12-16H,5,10-11H2,1-4H3,(H,35,39)(H2,32,34,36). The summed E-state index contributed by atoms with van der Waals surface area (Å²) in [5.74, 6) is -0.443. The van der Waals surface area contributed by atoms with Crippen LogP contribution in [0, 0.1) is 6.92 Å². The minimum atomic E-state index is -4.55. The molecule has 4 aromatic rings. The quantitative estimate of drug-likeness (QED) is 0.317. The van der Waals surface area contributed by atoms with Crippen molar-refractivity contribution in [2.75, 3.05) is 50.2 Å². The van der Waals surface area contributed by atoms with E-state index in [1.165, 1.54) is 6.07 Å². The number of anilines is 3. The molecule has 0 saturated carbocycles. The molecule has 4 rings (SSSR count). The smallest absolute Gasteiger partial charge is 0.373 e. The van der Waals surface area contributed by atoms with Gasteiger partial charge < -0.3 is 20.9 Å². The Morgan fingerprint density at radius 1 is 1.00 bits per heavy atom. The summed E-state index contributed by atoms with van der Waals surface area (Å²) in [5, 5.41) is 3.44. The number of nitrogen functional groups attached to an aromatic ring is 1. The lowest BCUT2D eigenvalue weighted by molar-refractivity contribution is -0.137. The Hall–Kier alpha value is -4.25. The van der Waals surface area contributed by atoms with Crippen molar-refractivity contribution in [3.8, 4) is 11.1 Å². The number of halogens is 3. The fourth-order valence-corrected chi connectivity index (χ4v) is 4.25. The predicted molar refractivity (Wildman–Crippen MR) is 148 cm³/mol. The lowest BCUT2D eigenvalue weighted by atomic mass is 10.00. The van der Waals surface area contributed by atoms with Crippen molar-refractivity contribution in [1.29, 1.82) is 0 Å². The van der Waals surface area contributed by atoms with E-state index in [2.05, 4.69) is 20.3 Å². The number of nitrogens with zero attached hydrogens (tertiary/aromatic N) is 5. The van der Waals surface area contributed by atoms with E-state index in [0.717, 1.165) is 47.2 Å². The van der Waals surface area contributed by atoms with Crippen molar-refractivity contribution < 1.29 is 18.0 Å². The number of hydrogen-bond donors (Lipinski definition) is 2. The number of aryl methyl sites for hydroxylation is 1. The van der Waals surface area contributed by atoms with Crippen LogP contribution in [0.1, 0.15) is 28.0 Å². The normalized spacial score (nSPS) is 11.7. The van der Waals surface area contributed by atoms with Crippen LogP contribution in [0.4, 0.5) is 30.5 Å². The molecule has 39 heavy (non-hydrogen) atoms. The molecule has 0 unspecified atom stereocenters. The minimum Gasteiger partial charge on any atom is -0.373 e. The Bertz CT molecular complexity index is 1500. The Morgan fingerprint density at radius 2 is 1.77 bits per heavy atom. The van der Waals surface area contributed by atoms with Crippen LogP contribution in [0.15, 0.2) is 54.9 Å². The van der Waals surface area contributed by atoms with Gasteiger partial charge in [-0.15, -0.1) is 0 Å². The molecule has 2 heterocycles. The number of benzene rings is 2. The maximum Gasteiger partial charge on any atom is 0.416 e. The second-order valence-electron chi connectivity index (χ2n) is 9.65. The average Bonchev–Trinajstić information content (AvgIpc) is 2.87. The van der Waals surface area contributed by atoms with Gasteiger partial charge >= 0.3 is 6.18 Å². The van der Waals surface area contributed by atoms with Crippen LogP contribution in [-0.2, 0) is 6.18 Å². The minimum absolute atomic E-state index is 0.0616. The van der Waals surface area contributed by atoms with Gasteiger partial charge in [0.25, 0.3) is 5.91 Å². The second-order valence-corrected chi connectivity index (χ2v) is 9.65. The molecule has 0 aliphatic heterocycles. The van der Waals surface area contributed by atoms with Gasteiger partial charge in [0.15, 0.2) is 0 Å². The molecular weight excluding hydrogens is 507 g/mol. The SMILES string of the molecule is Cc1cnc(C(=O)Nc2cc(C(F)(F)F)ccc2N(C)CCCN(C)C)cc1-c1ccc2nc(N)ncc2c1. The summed E-state index contributed by atoms with van der Waals surface area (Å²) in [6, 6.07) is 10.5. The second kappa shape index (κ2) is 11.2. The molecule has 2 aromatic heterocycles. The first-order valence-electron chi connectivity index (χ1n) is 12.3. The fraction of sp³-hybridized carbons (Fsp3) is 0.286. The first kappa shape index (κ1) is 27.8. The van der Waals surface area contributed by atoms with E-state index >= 15 is 0 Å². The first-order chi connectivity index (χ1) is 18.4. The van der Waals surface area contributed by atoms with Crippen LogP contribution >= 0.6 is 0 Å². The van der Waals surface area contributed by atoms with Gasteiger partial charge in [-0.05, 0) is 87.1 Å². The third-order valence-electron chi connectivity index (χ3n) is 6.33. The highest BCUT2D eigenvalue weighted by Gasteiger charge is 2.31.